The molecule has 1 atom stereocenters. The summed E-state index contributed by atoms with van der Waals surface area (Å²) in [6.45, 7) is 3.00. The lowest BCUT2D eigenvalue weighted by Gasteiger charge is -2.22. The van der Waals surface area contributed by atoms with E-state index in [0.717, 1.165) is 54.4 Å². The lowest BCUT2D eigenvalue weighted by Crippen LogP contribution is -2.30. The number of hydrogen-bond donors (Lipinski definition) is 1. The van der Waals surface area contributed by atoms with E-state index >= 15 is 0 Å². The molecule has 0 spiro atoms. The van der Waals surface area contributed by atoms with Crippen LogP contribution in [0.3, 0.4) is 0 Å². The minimum absolute atomic E-state index is 0.721. The first kappa shape index (κ1) is 14.1. The SMILES string of the molecule is COc1ccc2c(OCCC3CCCNC3)nccc2c1. The van der Waals surface area contributed by atoms with Gasteiger partial charge in [0.25, 0.3) is 0 Å². The van der Waals surface area contributed by atoms with Crippen LogP contribution in [0.25, 0.3) is 10.8 Å². The van der Waals surface area contributed by atoms with Gasteiger partial charge in [-0.05, 0) is 67.9 Å². The van der Waals surface area contributed by atoms with E-state index in [1.807, 2.05) is 24.3 Å². The van der Waals surface area contributed by atoms with Gasteiger partial charge in [-0.2, -0.15) is 0 Å². The van der Waals surface area contributed by atoms with Crippen LogP contribution < -0.4 is 14.8 Å². The summed E-state index contributed by atoms with van der Waals surface area (Å²) in [4.78, 5) is 4.37. The Labute approximate surface area is 125 Å². The number of fused-ring (bicyclic) bond motifs is 1. The third-order valence-electron chi connectivity index (χ3n) is 4.10. The molecular formula is C17H22N2O2. The third kappa shape index (κ3) is 3.45. The first-order valence-electron chi connectivity index (χ1n) is 7.63. The van der Waals surface area contributed by atoms with Crippen LogP contribution in [-0.4, -0.2) is 31.8 Å². The van der Waals surface area contributed by atoms with Gasteiger partial charge in [0.15, 0.2) is 0 Å². The van der Waals surface area contributed by atoms with Gasteiger partial charge in [0.05, 0.1) is 13.7 Å². The van der Waals surface area contributed by atoms with E-state index in [9.17, 15) is 0 Å². The lowest BCUT2D eigenvalue weighted by molar-refractivity contribution is 0.250. The summed E-state index contributed by atoms with van der Waals surface area (Å²) in [6.07, 6.45) is 5.45. The predicted octanol–water partition coefficient (Wildman–Crippen LogP) is 3.01. The molecule has 112 valence electrons. The highest BCUT2D eigenvalue weighted by atomic mass is 16.5. The van der Waals surface area contributed by atoms with Gasteiger partial charge in [-0.3, -0.25) is 0 Å². The largest absolute Gasteiger partial charge is 0.497 e. The van der Waals surface area contributed by atoms with Gasteiger partial charge in [-0.1, -0.05) is 0 Å². The summed E-state index contributed by atoms with van der Waals surface area (Å²) in [5, 5.41) is 5.58. The number of rotatable bonds is 5. The molecule has 0 aliphatic carbocycles. The van der Waals surface area contributed by atoms with E-state index < -0.39 is 0 Å². The van der Waals surface area contributed by atoms with Gasteiger partial charge >= 0.3 is 0 Å². The highest BCUT2D eigenvalue weighted by Crippen LogP contribution is 2.27. The van der Waals surface area contributed by atoms with E-state index in [1.165, 1.54) is 12.8 Å². The molecule has 1 N–H and O–H groups in total. The van der Waals surface area contributed by atoms with Crippen molar-refractivity contribution in [2.75, 3.05) is 26.8 Å². The summed E-state index contributed by atoms with van der Waals surface area (Å²) in [7, 11) is 1.68. The number of benzene rings is 1. The second kappa shape index (κ2) is 6.76. The first-order valence-corrected chi connectivity index (χ1v) is 7.63. The van der Waals surface area contributed by atoms with Crippen LogP contribution in [0, 0.1) is 5.92 Å². The van der Waals surface area contributed by atoms with E-state index in [2.05, 4.69) is 10.3 Å². The fourth-order valence-corrected chi connectivity index (χ4v) is 2.86. The molecule has 21 heavy (non-hydrogen) atoms. The molecule has 1 aliphatic rings. The fraction of sp³-hybridized carbons (Fsp3) is 0.471. The van der Waals surface area contributed by atoms with Crippen LogP contribution in [-0.2, 0) is 0 Å². The van der Waals surface area contributed by atoms with Gasteiger partial charge in [0, 0.05) is 11.6 Å². The Morgan fingerprint density at radius 1 is 1.33 bits per heavy atom. The number of pyridine rings is 1. The molecule has 2 heterocycles. The summed E-state index contributed by atoms with van der Waals surface area (Å²) >= 11 is 0. The Kier molecular flexibility index (Phi) is 4.55. The highest BCUT2D eigenvalue weighted by Gasteiger charge is 2.13. The zero-order valence-corrected chi connectivity index (χ0v) is 12.5. The van der Waals surface area contributed by atoms with Crippen molar-refractivity contribution in [3.8, 4) is 11.6 Å². The van der Waals surface area contributed by atoms with Crippen LogP contribution in [0.4, 0.5) is 0 Å². The molecule has 2 aromatic rings. The van der Waals surface area contributed by atoms with E-state index in [-0.39, 0.29) is 0 Å². The topological polar surface area (TPSA) is 43.4 Å². The predicted molar refractivity (Wildman–Crippen MR) is 84.0 cm³/mol. The molecule has 1 saturated heterocycles. The monoisotopic (exact) mass is 286 g/mol. The molecule has 4 heteroatoms. The normalized spacial score (nSPS) is 18.6. The molecule has 4 nitrogen and oxygen atoms in total. The molecule has 1 aliphatic heterocycles. The Balaban J connectivity index is 1.66. The number of nitrogens with one attached hydrogen (secondary N) is 1. The molecule has 3 rings (SSSR count). The number of aromatic nitrogens is 1. The Bertz CT molecular complexity index is 594. The van der Waals surface area contributed by atoms with Crippen molar-refractivity contribution >= 4 is 10.8 Å². The van der Waals surface area contributed by atoms with Crippen molar-refractivity contribution in [3.63, 3.8) is 0 Å². The van der Waals surface area contributed by atoms with Gasteiger partial charge in [0.1, 0.15) is 5.75 Å². The Hall–Kier alpha value is -1.81. The second-order valence-electron chi connectivity index (χ2n) is 5.55. The van der Waals surface area contributed by atoms with Gasteiger partial charge in [-0.15, -0.1) is 0 Å². The molecule has 1 fully saturated rings. The smallest absolute Gasteiger partial charge is 0.221 e. The summed E-state index contributed by atoms with van der Waals surface area (Å²) in [5.41, 5.74) is 0. The molecule has 1 unspecified atom stereocenters. The van der Waals surface area contributed by atoms with Crippen molar-refractivity contribution < 1.29 is 9.47 Å². The van der Waals surface area contributed by atoms with Crippen molar-refractivity contribution in [1.29, 1.82) is 0 Å². The van der Waals surface area contributed by atoms with Gasteiger partial charge in [0.2, 0.25) is 5.88 Å². The second-order valence-corrected chi connectivity index (χ2v) is 5.55. The molecule has 0 bridgehead atoms. The van der Waals surface area contributed by atoms with E-state index in [0.29, 0.717) is 0 Å². The highest BCUT2D eigenvalue weighted by molar-refractivity contribution is 5.87. The van der Waals surface area contributed by atoms with E-state index in [1.54, 1.807) is 13.3 Å². The summed E-state index contributed by atoms with van der Waals surface area (Å²) in [5.74, 6) is 2.31. The average Bonchev–Trinajstić information content (AvgIpc) is 2.55. The maximum atomic E-state index is 5.92. The Morgan fingerprint density at radius 3 is 3.10 bits per heavy atom. The zero-order chi connectivity index (χ0) is 14.5. The summed E-state index contributed by atoms with van der Waals surface area (Å²) < 4.78 is 11.2. The average molecular weight is 286 g/mol. The molecule has 0 radical (unpaired) electrons. The van der Waals surface area contributed by atoms with Crippen LogP contribution in [0.5, 0.6) is 11.6 Å². The minimum Gasteiger partial charge on any atom is -0.497 e. The maximum absolute atomic E-state index is 5.92. The van der Waals surface area contributed by atoms with Gasteiger partial charge in [-0.25, -0.2) is 4.98 Å². The van der Waals surface area contributed by atoms with E-state index in [4.69, 9.17) is 9.47 Å². The van der Waals surface area contributed by atoms with Crippen molar-refractivity contribution in [2.45, 2.75) is 19.3 Å². The number of piperidine rings is 1. The van der Waals surface area contributed by atoms with Crippen LogP contribution in [0.2, 0.25) is 0 Å². The molecule has 1 aromatic heterocycles. The number of nitrogens with zero attached hydrogens (tertiary/aromatic N) is 1. The molecule has 0 saturated carbocycles. The first-order chi connectivity index (χ1) is 10.4. The minimum atomic E-state index is 0.721. The quantitative estimate of drug-likeness (QED) is 0.917. The van der Waals surface area contributed by atoms with Crippen LogP contribution >= 0.6 is 0 Å². The Morgan fingerprint density at radius 2 is 2.29 bits per heavy atom. The van der Waals surface area contributed by atoms with Crippen molar-refractivity contribution in [3.05, 3.63) is 30.5 Å². The maximum Gasteiger partial charge on any atom is 0.221 e. The fourth-order valence-electron chi connectivity index (χ4n) is 2.86. The standard InChI is InChI=1S/C17H22N2O2/c1-20-15-4-5-16-14(11-15)6-9-19-17(16)21-10-7-13-3-2-8-18-12-13/h4-6,9,11,13,18H,2-3,7-8,10,12H2,1H3. The zero-order valence-electron chi connectivity index (χ0n) is 12.5. The number of ether oxygens (including phenoxy) is 2. The number of methoxy groups -OCH3 is 1. The molecule has 0 amide bonds. The third-order valence-corrected chi connectivity index (χ3v) is 4.10. The van der Waals surface area contributed by atoms with Gasteiger partial charge < -0.3 is 14.8 Å². The summed E-state index contributed by atoms with van der Waals surface area (Å²) in [6, 6.07) is 7.95. The lowest BCUT2D eigenvalue weighted by atomic mass is 9.97. The molecule has 1 aromatic carbocycles. The molecular weight excluding hydrogens is 264 g/mol. The van der Waals surface area contributed by atoms with Crippen molar-refractivity contribution in [1.82, 2.24) is 10.3 Å². The van der Waals surface area contributed by atoms with Crippen molar-refractivity contribution in [2.24, 2.45) is 5.92 Å². The van der Waals surface area contributed by atoms with Crippen LogP contribution in [0.1, 0.15) is 19.3 Å². The number of hydrogen-bond acceptors (Lipinski definition) is 4. The van der Waals surface area contributed by atoms with Crippen LogP contribution in [0.15, 0.2) is 30.5 Å².